The Kier molecular flexibility index (Phi) is 6.13. The first-order valence-corrected chi connectivity index (χ1v) is 10.9. The molecular formula is C26H21N3O6. The maximum Gasteiger partial charge on any atom is 0.310 e. The van der Waals surface area contributed by atoms with Gasteiger partial charge in [0.15, 0.2) is 12.4 Å². The van der Waals surface area contributed by atoms with Gasteiger partial charge in [0.05, 0.1) is 31.9 Å². The number of fused-ring (bicyclic) bond motifs is 3. The van der Waals surface area contributed by atoms with Crippen molar-refractivity contribution < 1.29 is 28.0 Å². The van der Waals surface area contributed by atoms with Crippen LogP contribution >= 0.6 is 0 Å². The second kappa shape index (κ2) is 9.68. The molecule has 176 valence electrons. The molecule has 9 nitrogen and oxygen atoms in total. The Bertz CT molecular complexity index is 1520. The lowest BCUT2D eigenvalue weighted by atomic mass is 10.0. The predicted octanol–water partition coefficient (Wildman–Crippen LogP) is 4.44. The minimum atomic E-state index is -0.464. The maximum absolute atomic E-state index is 12.5. The third kappa shape index (κ3) is 4.84. The second-order valence-corrected chi connectivity index (χ2v) is 7.79. The highest BCUT2D eigenvalue weighted by molar-refractivity contribution is 6.08. The van der Waals surface area contributed by atoms with E-state index in [1.54, 1.807) is 30.5 Å². The lowest BCUT2D eigenvalue weighted by Crippen LogP contribution is -2.15. The second-order valence-electron chi connectivity index (χ2n) is 7.79. The molecule has 0 bridgehead atoms. The zero-order chi connectivity index (χ0) is 24.2. The van der Waals surface area contributed by atoms with E-state index in [1.807, 2.05) is 36.4 Å². The normalized spacial score (nSPS) is 11.0. The molecule has 0 radical (unpaired) electrons. The molecule has 3 aromatic carbocycles. The lowest BCUT2D eigenvalue weighted by Gasteiger charge is -2.08. The van der Waals surface area contributed by atoms with Crippen molar-refractivity contribution in [1.82, 2.24) is 10.1 Å². The van der Waals surface area contributed by atoms with Crippen molar-refractivity contribution >= 4 is 39.3 Å². The molecule has 2 heterocycles. The van der Waals surface area contributed by atoms with E-state index in [9.17, 15) is 9.59 Å². The number of methoxy groups -OCH3 is 1. The SMILES string of the molecule is COc1ccccc1NC(=O)Cc1noc(COC(=O)Cc2coc3ccc4ccccc4c23)n1. The lowest BCUT2D eigenvalue weighted by molar-refractivity contribution is -0.144. The summed E-state index contributed by atoms with van der Waals surface area (Å²) in [7, 11) is 1.52. The number of nitrogens with zero attached hydrogens (tertiary/aromatic N) is 2. The maximum atomic E-state index is 12.5. The highest BCUT2D eigenvalue weighted by Crippen LogP contribution is 2.30. The highest BCUT2D eigenvalue weighted by Gasteiger charge is 2.17. The molecule has 2 aromatic heterocycles. The number of aromatic nitrogens is 2. The van der Waals surface area contributed by atoms with Gasteiger partial charge in [-0.3, -0.25) is 9.59 Å². The third-order valence-electron chi connectivity index (χ3n) is 5.44. The Hall–Kier alpha value is -4.66. The molecule has 0 aliphatic rings. The van der Waals surface area contributed by atoms with Crippen LogP contribution in [0.1, 0.15) is 17.3 Å². The average molecular weight is 471 g/mol. The number of esters is 1. The quantitative estimate of drug-likeness (QED) is 0.330. The largest absolute Gasteiger partial charge is 0.495 e. The fourth-order valence-corrected chi connectivity index (χ4v) is 3.86. The van der Waals surface area contributed by atoms with Gasteiger partial charge in [-0.2, -0.15) is 4.98 Å². The van der Waals surface area contributed by atoms with E-state index in [0.29, 0.717) is 17.0 Å². The van der Waals surface area contributed by atoms with Gasteiger partial charge in [0.25, 0.3) is 5.89 Å². The summed E-state index contributed by atoms with van der Waals surface area (Å²) < 4.78 is 21.3. The molecule has 0 atom stereocenters. The number of nitrogens with one attached hydrogen (secondary N) is 1. The number of hydrogen-bond donors (Lipinski definition) is 1. The molecule has 0 saturated carbocycles. The first-order valence-electron chi connectivity index (χ1n) is 10.9. The van der Waals surface area contributed by atoms with E-state index >= 15 is 0 Å². The van der Waals surface area contributed by atoms with Crippen molar-refractivity contribution in [2.75, 3.05) is 12.4 Å². The van der Waals surface area contributed by atoms with Crippen molar-refractivity contribution in [2.45, 2.75) is 19.4 Å². The van der Waals surface area contributed by atoms with E-state index in [0.717, 1.165) is 21.7 Å². The standard InChI is InChI=1S/C26H21N3O6/c1-32-20-9-5-4-8-19(20)27-23(30)13-22-28-24(35-29-22)15-34-25(31)12-17-14-33-21-11-10-16-6-2-3-7-18(16)26(17)21/h2-11,14H,12-13,15H2,1H3,(H,27,30). The van der Waals surface area contributed by atoms with Gasteiger partial charge in [0.1, 0.15) is 11.3 Å². The number of anilines is 1. The number of furan rings is 1. The van der Waals surface area contributed by atoms with Gasteiger partial charge in [-0.05, 0) is 29.0 Å². The molecule has 0 unspecified atom stereocenters. The number of benzene rings is 3. The van der Waals surface area contributed by atoms with E-state index < -0.39 is 5.97 Å². The van der Waals surface area contributed by atoms with E-state index in [-0.39, 0.29) is 37.1 Å². The molecule has 35 heavy (non-hydrogen) atoms. The Morgan fingerprint density at radius 1 is 1.00 bits per heavy atom. The zero-order valence-corrected chi connectivity index (χ0v) is 18.8. The summed E-state index contributed by atoms with van der Waals surface area (Å²) in [6.45, 7) is -0.198. The van der Waals surface area contributed by atoms with Crippen LogP contribution in [0.2, 0.25) is 0 Å². The number of ether oxygens (including phenoxy) is 2. The Morgan fingerprint density at radius 2 is 1.83 bits per heavy atom. The highest BCUT2D eigenvalue weighted by atomic mass is 16.6. The fourth-order valence-electron chi connectivity index (χ4n) is 3.86. The number of carbonyl (C=O) groups is 2. The van der Waals surface area contributed by atoms with Crippen molar-refractivity contribution in [1.29, 1.82) is 0 Å². The first-order chi connectivity index (χ1) is 17.1. The van der Waals surface area contributed by atoms with Crippen molar-refractivity contribution in [3.05, 3.63) is 84.2 Å². The summed E-state index contributed by atoms with van der Waals surface area (Å²) in [5.41, 5.74) is 1.98. The number of amides is 1. The van der Waals surface area contributed by atoms with Crippen molar-refractivity contribution in [2.24, 2.45) is 0 Å². The van der Waals surface area contributed by atoms with Gasteiger partial charge in [0.2, 0.25) is 5.91 Å². The number of carbonyl (C=O) groups excluding carboxylic acids is 2. The molecule has 5 rings (SSSR count). The molecular weight excluding hydrogens is 450 g/mol. The van der Waals surface area contributed by atoms with E-state index in [1.165, 1.54) is 7.11 Å². The molecule has 1 N–H and O–H groups in total. The summed E-state index contributed by atoms with van der Waals surface area (Å²) in [4.78, 5) is 28.9. The molecule has 9 heteroatoms. The molecule has 0 saturated heterocycles. The summed E-state index contributed by atoms with van der Waals surface area (Å²) in [6, 6.07) is 18.8. The van der Waals surface area contributed by atoms with Crippen molar-refractivity contribution in [3.63, 3.8) is 0 Å². The molecule has 0 aliphatic heterocycles. The molecule has 1 amide bonds. The van der Waals surface area contributed by atoms with Gasteiger partial charge in [-0.1, -0.05) is 47.6 Å². The fraction of sp³-hybridized carbons (Fsp3) is 0.154. The molecule has 0 aliphatic carbocycles. The zero-order valence-electron chi connectivity index (χ0n) is 18.8. The molecule has 0 spiro atoms. The van der Waals surface area contributed by atoms with Gasteiger partial charge < -0.3 is 23.7 Å². The van der Waals surface area contributed by atoms with Crippen LogP contribution in [0.15, 0.2) is 75.9 Å². The van der Waals surface area contributed by atoms with Crippen LogP contribution in [0.4, 0.5) is 5.69 Å². The first kappa shape index (κ1) is 22.1. The van der Waals surface area contributed by atoms with Crippen LogP contribution in [0.3, 0.4) is 0 Å². The van der Waals surface area contributed by atoms with Crippen LogP contribution in [0.5, 0.6) is 5.75 Å². The summed E-state index contributed by atoms with van der Waals surface area (Å²) >= 11 is 0. The van der Waals surface area contributed by atoms with Gasteiger partial charge in [-0.25, -0.2) is 0 Å². The number of para-hydroxylation sites is 2. The topological polar surface area (TPSA) is 117 Å². The Labute approximate surface area is 199 Å². The predicted molar refractivity (Wildman–Crippen MR) is 127 cm³/mol. The van der Waals surface area contributed by atoms with E-state index in [4.69, 9.17) is 18.4 Å². The monoisotopic (exact) mass is 471 g/mol. The van der Waals surface area contributed by atoms with Crippen LogP contribution in [0.25, 0.3) is 21.7 Å². The molecule has 5 aromatic rings. The summed E-state index contributed by atoms with van der Waals surface area (Å²) in [5, 5.41) is 9.48. The summed E-state index contributed by atoms with van der Waals surface area (Å²) in [6.07, 6.45) is 1.50. The van der Waals surface area contributed by atoms with Gasteiger partial charge in [0, 0.05) is 10.9 Å². The third-order valence-corrected chi connectivity index (χ3v) is 5.44. The van der Waals surface area contributed by atoms with E-state index in [2.05, 4.69) is 15.5 Å². The number of hydrogen-bond acceptors (Lipinski definition) is 8. The minimum Gasteiger partial charge on any atom is -0.495 e. The Balaban J connectivity index is 1.18. The van der Waals surface area contributed by atoms with Crippen LogP contribution in [0, 0.1) is 0 Å². The number of rotatable bonds is 8. The summed E-state index contributed by atoms with van der Waals surface area (Å²) in [5.74, 6) is 0.0175. The van der Waals surface area contributed by atoms with Crippen molar-refractivity contribution in [3.8, 4) is 5.75 Å². The minimum absolute atomic E-state index is 0.0311. The average Bonchev–Trinajstić information content (AvgIpc) is 3.50. The van der Waals surface area contributed by atoms with Crippen LogP contribution < -0.4 is 10.1 Å². The van der Waals surface area contributed by atoms with Crippen LogP contribution in [-0.4, -0.2) is 29.1 Å². The Morgan fingerprint density at radius 3 is 2.71 bits per heavy atom. The van der Waals surface area contributed by atoms with Gasteiger partial charge >= 0.3 is 5.97 Å². The molecule has 0 fully saturated rings. The van der Waals surface area contributed by atoms with Gasteiger partial charge in [-0.15, -0.1) is 0 Å². The smallest absolute Gasteiger partial charge is 0.310 e. The van der Waals surface area contributed by atoms with Crippen LogP contribution in [-0.2, 0) is 33.8 Å².